The van der Waals surface area contributed by atoms with Crippen LogP contribution in [0.25, 0.3) is 0 Å². The van der Waals surface area contributed by atoms with Crippen molar-refractivity contribution in [3.63, 3.8) is 0 Å². The lowest BCUT2D eigenvalue weighted by molar-refractivity contribution is 0.0694. The molecule has 2 N–H and O–H groups in total. The Hall–Kier alpha value is -1.62. The quantitative estimate of drug-likeness (QED) is 0.785. The van der Waals surface area contributed by atoms with Gasteiger partial charge in [-0.15, -0.1) is 0 Å². The lowest BCUT2D eigenvalue weighted by Crippen LogP contribution is -2.38. The zero-order valence-corrected chi connectivity index (χ0v) is 9.65. The van der Waals surface area contributed by atoms with Crippen LogP contribution in [0, 0.1) is 0 Å². The summed E-state index contributed by atoms with van der Waals surface area (Å²) in [6, 6.07) is 3.23. The Morgan fingerprint density at radius 3 is 2.69 bits per heavy atom. The van der Waals surface area contributed by atoms with Crippen LogP contribution >= 0.6 is 0 Å². The fourth-order valence-electron chi connectivity index (χ4n) is 1.03. The Labute approximate surface area is 94.5 Å². The molecule has 0 fully saturated rings. The van der Waals surface area contributed by atoms with Crippen LogP contribution in [0.5, 0.6) is 5.88 Å². The summed E-state index contributed by atoms with van der Waals surface area (Å²) in [5, 5.41) is 12.1. The second-order valence-electron chi connectivity index (χ2n) is 4.08. The van der Waals surface area contributed by atoms with Crippen molar-refractivity contribution in [2.45, 2.75) is 19.4 Å². The molecule has 0 aliphatic carbocycles. The third kappa shape index (κ3) is 3.86. The highest BCUT2D eigenvalue weighted by Gasteiger charge is 2.14. The molecule has 1 rings (SSSR count). The van der Waals surface area contributed by atoms with Crippen molar-refractivity contribution in [2.24, 2.45) is 0 Å². The number of carbonyl (C=O) groups is 1. The standard InChI is InChI=1S/C11H16N2O3/c1-11(2,15)7-13-10(14)8-4-5-9(16-3)12-6-8/h4-6,15H,7H2,1-3H3,(H,13,14). The van der Waals surface area contributed by atoms with Gasteiger partial charge in [0.25, 0.3) is 5.91 Å². The van der Waals surface area contributed by atoms with Gasteiger partial charge in [-0.3, -0.25) is 4.79 Å². The van der Waals surface area contributed by atoms with Crippen LogP contribution in [0.15, 0.2) is 18.3 Å². The summed E-state index contributed by atoms with van der Waals surface area (Å²) >= 11 is 0. The number of amides is 1. The van der Waals surface area contributed by atoms with E-state index in [-0.39, 0.29) is 12.5 Å². The van der Waals surface area contributed by atoms with E-state index < -0.39 is 5.60 Å². The molecule has 0 saturated carbocycles. The molecule has 16 heavy (non-hydrogen) atoms. The molecule has 1 heterocycles. The van der Waals surface area contributed by atoms with E-state index in [1.807, 2.05) is 0 Å². The predicted molar refractivity (Wildman–Crippen MR) is 59.4 cm³/mol. The highest BCUT2D eigenvalue weighted by Crippen LogP contribution is 2.06. The van der Waals surface area contributed by atoms with Gasteiger partial charge in [0.15, 0.2) is 0 Å². The van der Waals surface area contributed by atoms with E-state index in [9.17, 15) is 9.90 Å². The number of methoxy groups -OCH3 is 1. The van der Waals surface area contributed by atoms with Gasteiger partial charge in [0, 0.05) is 18.8 Å². The third-order valence-electron chi connectivity index (χ3n) is 1.89. The van der Waals surface area contributed by atoms with Crippen LogP contribution < -0.4 is 10.1 Å². The number of nitrogens with one attached hydrogen (secondary N) is 1. The van der Waals surface area contributed by atoms with Gasteiger partial charge in [-0.2, -0.15) is 0 Å². The van der Waals surface area contributed by atoms with Crippen molar-refractivity contribution >= 4 is 5.91 Å². The number of hydrogen-bond acceptors (Lipinski definition) is 4. The van der Waals surface area contributed by atoms with E-state index in [1.54, 1.807) is 26.0 Å². The van der Waals surface area contributed by atoms with Gasteiger partial charge in [-0.25, -0.2) is 4.98 Å². The fraction of sp³-hybridized carbons (Fsp3) is 0.455. The number of pyridine rings is 1. The number of carbonyl (C=O) groups excluding carboxylic acids is 1. The smallest absolute Gasteiger partial charge is 0.252 e. The van der Waals surface area contributed by atoms with E-state index in [0.29, 0.717) is 11.4 Å². The molecule has 0 unspecified atom stereocenters. The Balaban J connectivity index is 2.59. The van der Waals surface area contributed by atoms with Crippen LogP contribution in [0.4, 0.5) is 0 Å². The summed E-state index contributed by atoms with van der Waals surface area (Å²) in [4.78, 5) is 15.5. The second kappa shape index (κ2) is 4.94. The molecule has 88 valence electrons. The molecular weight excluding hydrogens is 208 g/mol. The first-order valence-corrected chi connectivity index (χ1v) is 4.93. The largest absolute Gasteiger partial charge is 0.481 e. The first-order chi connectivity index (χ1) is 7.42. The van der Waals surface area contributed by atoms with E-state index in [1.165, 1.54) is 13.3 Å². The predicted octanol–water partition coefficient (Wildman–Crippen LogP) is 0.591. The monoisotopic (exact) mass is 224 g/mol. The Bertz CT molecular complexity index is 354. The molecule has 0 bridgehead atoms. The summed E-state index contributed by atoms with van der Waals surface area (Å²) in [5.41, 5.74) is -0.486. The van der Waals surface area contributed by atoms with Crippen LogP contribution in [-0.4, -0.2) is 35.3 Å². The lowest BCUT2D eigenvalue weighted by Gasteiger charge is -2.17. The van der Waals surface area contributed by atoms with Crippen molar-refractivity contribution in [3.05, 3.63) is 23.9 Å². The number of aliphatic hydroxyl groups is 1. The van der Waals surface area contributed by atoms with Gasteiger partial charge in [0.05, 0.1) is 18.3 Å². The average molecular weight is 224 g/mol. The topological polar surface area (TPSA) is 71.5 Å². The van der Waals surface area contributed by atoms with Crippen LogP contribution in [-0.2, 0) is 0 Å². The zero-order valence-electron chi connectivity index (χ0n) is 9.65. The number of rotatable bonds is 4. The molecule has 1 aromatic rings. The molecule has 0 spiro atoms. The Kier molecular flexibility index (Phi) is 3.84. The van der Waals surface area contributed by atoms with Crippen molar-refractivity contribution in [1.82, 2.24) is 10.3 Å². The summed E-state index contributed by atoms with van der Waals surface area (Å²) < 4.78 is 4.88. The summed E-state index contributed by atoms with van der Waals surface area (Å²) in [7, 11) is 1.51. The first-order valence-electron chi connectivity index (χ1n) is 4.93. The van der Waals surface area contributed by atoms with E-state index in [0.717, 1.165) is 0 Å². The van der Waals surface area contributed by atoms with E-state index in [4.69, 9.17) is 4.74 Å². The maximum Gasteiger partial charge on any atom is 0.252 e. The van der Waals surface area contributed by atoms with Gasteiger partial charge >= 0.3 is 0 Å². The molecule has 0 atom stereocenters. The minimum atomic E-state index is -0.921. The molecular formula is C11H16N2O3. The minimum absolute atomic E-state index is 0.192. The molecule has 0 aromatic carbocycles. The normalized spacial score (nSPS) is 11.0. The van der Waals surface area contributed by atoms with Crippen LogP contribution in [0.2, 0.25) is 0 Å². The lowest BCUT2D eigenvalue weighted by atomic mass is 10.1. The van der Waals surface area contributed by atoms with Crippen molar-refractivity contribution in [1.29, 1.82) is 0 Å². The first kappa shape index (κ1) is 12.4. The van der Waals surface area contributed by atoms with Crippen LogP contribution in [0.1, 0.15) is 24.2 Å². The van der Waals surface area contributed by atoms with Crippen molar-refractivity contribution in [2.75, 3.05) is 13.7 Å². The summed E-state index contributed by atoms with van der Waals surface area (Å²) in [6.45, 7) is 3.44. The number of nitrogens with zero attached hydrogens (tertiary/aromatic N) is 1. The minimum Gasteiger partial charge on any atom is -0.481 e. The zero-order chi connectivity index (χ0) is 12.2. The number of aromatic nitrogens is 1. The molecule has 0 aliphatic rings. The molecule has 1 aromatic heterocycles. The Morgan fingerprint density at radius 2 is 2.25 bits per heavy atom. The maximum absolute atomic E-state index is 11.6. The number of hydrogen-bond donors (Lipinski definition) is 2. The van der Waals surface area contributed by atoms with Crippen LogP contribution in [0.3, 0.4) is 0 Å². The van der Waals surface area contributed by atoms with Gasteiger partial charge in [-0.05, 0) is 19.9 Å². The van der Waals surface area contributed by atoms with Gasteiger partial charge in [0.1, 0.15) is 0 Å². The van der Waals surface area contributed by atoms with E-state index >= 15 is 0 Å². The maximum atomic E-state index is 11.6. The SMILES string of the molecule is COc1ccc(C(=O)NCC(C)(C)O)cn1. The van der Waals surface area contributed by atoms with Crippen molar-refractivity contribution < 1.29 is 14.6 Å². The molecule has 0 aliphatic heterocycles. The fourth-order valence-corrected chi connectivity index (χ4v) is 1.03. The van der Waals surface area contributed by atoms with Gasteiger partial charge < -0.3 is 15.2 Å². The summed E-state index contributed by atoms with van der Waals surface area (Å²) in [6.07, 6.45) is 1.43. The van der Waals surface area contributed by atoms with Gasteiger partial charge in [0.2, 0.25) is 5.88 Å². The molecule has 5 heteroatoms. The summed E-state index contributed by atoms with van der Waals surface area (Å²) in [5.74, 6) is 0.191. The average Bonchev–Trinajstić information content (AvgIpc) is 2.25. The highest BCUT2D eigenvalue weighted by molar-refractivity contribution is 5.93. The molecule has 0 saturated heterocycles. The molecule has 5 nitrogen and oxygen atoms in total. The highest BCUT2D eigenvalue weighted by atomic mass is 16.5. The Morgan fingerprint density at radius 1 is 1.56 bits per heavy atom. The number of ether oxygens (including phenoxy) is 1. The second-order valence-corrected chi connectivity index (χ2v) is 4.08. The van der Waals surface area contributed by atoms with Gasteiger partial charge in [-0.1, -0.05) is 0 Å². The third-order valence-corrected chi connectivity index (χ3v) is 1.89. The van der Waals surface area contributed by atoms with E-state index in [2.05, 4.69) is 10.3 Å². The molecule has 1 amide bonds. The molecule has 0 radical (unpaired) electrons. The van der Waals surface area contributed by atoms with Crippen molar-refractivity contribution in [3.8, 4) is 5.88 Å².